The zero-order valence-corrected chi connectivity index (χ0v) is 13.4. The second-order valence-corrected chi connectivity index (χ2v) is 5.18. The third-order valence-electron chi connectivity index (χ3n) is 2.90. The first-order valence-electron chi connectivity index (χ1n) is 6.57. The topological polar surface area (TPSA) is 128 Å². The molecule has 0 aliphatic heterocycles. The van der Waals surface area contributed by atoms with Gasteiger partial charge in [0.05, 0.1) is 18.0 Å². The second-order valence-electron chi connectivity index (χ2n) is 4.74. The number of pyridine rings is 1. The minimum absolute atomic E-state index is 0.0173. The molecule has 11 heteroatoms. The van der Waals surface area contributed by atoms with Gasteiger partial charge in [0, 0.05) is 19.3 Å². The van der Waals surface area contributed by atoms with Crippen molar-refractivity contribution in [3.63, 3.8) is 0 Å². The van der Waals surface area contributed by atoms with Gasteiger partial charge in [-0.25, -0.2) is 14.5 Å². The Labute approximate surface area is 137 Å². The molecule has 1 rings (SSSR count). The molecule has 9 nitrogen and oxygen atoms in total. The second kappa shape index (κ2) is 8.56. The van der Waals surface area contributed by atoms with E-state index in [4.69, 9.17) is 32.7 Å². The Balaban J connectivity index is 2.70. The largest absolute Gasteiger partial charge is 0.481 e. The number of aromatic nitrogens is 1. The van der Waals surface area contributed by atoms with Crippen molar-refractivity contribution in [3.05, 3.63) is 23.1 Å². The van der Waals surface area contributed by atoms with Gasteiger partial charge in [-0.1, -0.05) is 16.8 Å². The van der Waals surface area contributed by atoms with E-state index in [0.717, 1.165) is 11.2 Å². The maximum atomic E-state index is 13.7. The fourth-order valence-corrected chi connectivity index (χ4v) is 1.80. The number of ether oxygens (including phenoxy) is 1. The zero-order chi connectivity index (χ0) is 17.6. The summed E-state index contributed by atoms with van der Waals surface area (Å²) in [5, 5.41) is 14.6. The van der Waals surface area contributed by atoms with Crippen molar-refractivity contribution in [1.29, 1.82) is 5.53 Å². The van der Waals surface area contributed by atoms with E-state index in [1.165, 1.54) is 18.3 Å². The number of rotatable bonds is 9. The molecule has 2 atom stereocenters. The average Bonchev–Trinajstić information content (AvgIpc) is 2.46. The molecule has 1 aromatic rings. The van der Waals surface area contributed by atoms with E-state index in [1.54, 1.807) is 6.92 Å². The van der Waals surface area contributed by atoms with Crippen molar-refractivity contribution in [2.24, 2.45) is 11.0 Å². The van der Waals surface area contributed by atoms with Crippen molar-refractivity contribution < 1.29 is 19.0 Å². The lowest BCUT2D eigenvalue weighted by molar-refractivity contribution is -0.139. The summed E-state index contributed by atoms with van der Waals surface area (Å²) in [5.41, 5.74) is 12.8. The SMILES string of the molecule is CC(Oc1ncc(Cl)cc1F)N(C)N(C[C@@H](N)CC(=O)O)N=N. The molecule has 0 saturated heterocycles. The molecule has 128 valence electrons. The van der Waals surface area contributed by atoms with Crippen LogP contribution >= 0.6 is 11.6 Å². The van der Waals surface area contributed by atoms with Gasteiger partial charge in [0.1, 0.15) is 0 Å². The highest BCUT2D eigenvalue weighted by atomic mass is 35.5. The van der Waals surface area contributed by atoms with E-state index >= 15 is 0 Å². The molecule has 0 saturated carbocycles. The Hall–Kier alpha value is -2.04. The van der Waals surface area contributed by atoms with Crippen molar-refractivity contribution in [3.8, 4) is 5.88 Å². The Bertz CT molecular complexity index is 564. The molecule has 1 heterocycles. The van der Waals surface area contributed by atoms with E-state index in [-0.39, 0.29) is 23.9 Å². The number of carbonyl (C=O) groups is 1. The quantitative estimate of drug-likeness (QED) is 0.350. The predicted octanol–water partition coefficient (Wildman–Crippen LogP) is 1.50. The van der Waals surface area contributed by atoms with Gasteiger partial charge in [-0.3, -0.25) is 4.79 Å². The smallest absolute Gasteiger partial charge is 0.304 e. The Morgan fingerprint density at radius 2 is 2.35 bits per heavy atom. The fourth-order valence-electron chi connectivity index (χ4n) is 1.65. The van der Waals surface area contributed by atoms with Crippen molar-refractivity contribution in [2.45, 2.75) is 25.6 Å². The summed E-state index contributed by atoms with van der Waals surface area (Å²) in [6.07, 6.45) is 0.217. The highest BCUT2D eigenvalue weighted by molar-refractivity contribution is 6.30. The molecule has 23 heavy (non-hydrogen) atoms. The van der Waals surface area contributed by atoms with Crippen LogP contribution in [0.5, 0.6) is 5.88 Å². The van der Waals surface area contributed by atoms with Crippen molar-refractivity contribution in [1.82, 2.24) is 15.1 Å². The maximum absolute atomic E-state index is 13.7. The third-order valence-corrected chi connectivity index (χ3v) is 3.10. The van der Waals surface area contributed by atoms with E-state index in [0.29, 0.717) is 0 Å². The monoisotopic (exact) mass is 348 g/mol. The van der Waals surface area contributed by atoms with Crippen LogP contribution in [-0.4, -0.2) is 52.0 Å². The van der Waals surface area contributed by atoms with Gasteiger partial charge < -0.3 is 15.6 Å². The van der Waals surface area contributed by atoms with Crippen LogP contribution in [0.3, 0.4) is 0 Å². The van der Waals surface area contributed by atoms with Crippen LogP contribution in [0, 0.1) is 11.3 Å². The molecule has 0 aliphatic rings. The van der Waals surface area contributed by atoms with Crippen molar-refractivity contribution in [2.75, 3.05) is 13.6 Å². The summed E-state index contributed by atoms with van der Waals surface area (Å²) in [5.74, 6) is -2.04. The van der Waals surface area contributed by atoms with Gasteiger partial charge in [0.25, 0.3) is 5.88 Å². The lowest BCUT2D eigenvalue weighted by Crippen LogP contribution is -2.49. The minimum Gasteiger partial charge on any atom is -0.481 e. The van der Waals surface area contributed by atoms with Crippen LogP contribution < -0.4 is 10.5 Å². The molecular weight excluding hydrogens is 331 g/mol. The predicted molar refractivity (Wildman–Crippen MR) is 79.1 cm³/mol. The van der Waals surface area contributed by atoms with Crippen LogP contribution in [0.15, 0.2) is 17.5 Å². The van der Waals surface area contributed by atoms with Crippen LogP contribution in [0.25, 0.3) is 0 Å². The normalized spacial score (nSPS) is 13.5. The molecule has 0 fully saturated rings. The molecule has 4 N–H and O–H groups in total. The number of carboxylic acids is 1. The van der Waals surface area contributed by atoms with Gasteiger partial charge in [-0.05, 0) is 13.0 Å². The first-order valence-corrected chi connectivity index (χ1v) is 6.95. The number of carboxylic acid groups (broad SMARTS) is 1. The summed E-state index contributed by atoms with van der Waals surface area (Å²) in [6.45, 7) is 1.56. The molecule has 0 spiro atoms. The lowest BCUT2D eigenvalue weighted by Gasteiger charge is -2.33. The Morgan fingerprint density at radius 3 is 2.87 bits per heavy atom. The fraction of sp³-hybridized carbons (Fsp3) is 0.500. The number of hydrogen-bond donors (Lipinski definition) is 3. The van der Waals surface area contributed by atoms with Crippen LogP contribution in [-0.2, 0) is 4.79 Å². The summed E-state index contributed by atoms with van der Waals surface area (Å²) in [7, 11) is 1.53. The first-order chi connectivity index (χ1) is 10.7. The molecular formula is C12H18ClFN6O3. The van der Waals surface area contributed by atoms with E-state index in [1.807, 2.05) is 0 Å². The van der Waals surface area contributed by atoms with Crippen LogP contribution in [0.2, 0.25) is 5.02 Å². The number of halogens is 2. The van der Waals surface area contributed by atoms with E-state index in [9.17, 15) is 9.18 Å². The molecule has 0 amide bonds. The molecule has 0 radical (unpaired) electrons. The van der Waals surface area contributed by atoms with Crippen molar-refractivity contribution >= 4 is 17.6 Å². The molecule has 0 aromatic carbocycles. The van der Waals surface area contributed by atoms with Gasteiger partial charge >= 0.3 is 5.97 Å². The molecule has 0 bridgehead atoms. The van der Waals surface area contributed by atoms with Gasteiger partial charge in [-0.15, -0.1) is 0 Å². The number of hydrogen-bond acceptors (Lipinski definition) is 7. The molecule has 1 unspecified atom stereocenters. The Kier molecular flexibility index (Phi) is 7.07. The van der Waals surface area contributed by atoms with Crippen LogP contribution in [0.1, 0.15) is 13.3 Å². The molecule has 1 aromatic heterocycles. The summed E-state index contributed by atoms with van der Waals surface area (Å²) >= 11 is 5.61. The highest BCUT2D eigenvalue weighted by Gasteiger charge is 2.22. The summed E-state index contributed by atoms with van der Waals surface area (Å²) < 4.78 is 19.0. The van der Waals surface area contributed by atoms with Gasteiger partial charge in [-0.2, -0.15) is 10.5 Å². The number of nitrogens with zero attached hydrogens (tertiary/aromatic N) is 4. The number of nitrogens with two attached hydrogens (primary N) is 1. The third kappa shape index (κ3) is 5.93. The maximum Gasteiger partial charge on any atom is 0.304 e. The zero-order valence-electron chi connectivity index (χ0n) is 12.6. The van der Waals surface area contributed by atoms with Crippen LogP contribution in [0.4, 0.5) is 4.39 Å². The first kappa shape index (κ1) is 19.0. The highest BCUT2D eigenvalue weighted by Crippen LogP contribution is 2.19. The summed E-state index contributed by atoms with van der Waals surface area (Å²) in [4.78, 5) is 14.3. The Morgan fingerprint density at radius 1 is 1.70 bits per heavy atom. The number of aliphatic carboxylic acids is 1. The van der Waals surface area contributed by atoms with E-state index in [2.05, 4.69) is 10.2 Å². The minimum atomic E-state index is -1.05. The number of nitrogens with one attached hydrogen (secondary N) is 1. The standard InChI is InChI=1S/C12H18ClFN6O3/c1-7(23-12-10(14)3-8(13)5-17-12)19(2)20(18-16)6-9(15)4-11(21)22/h3,5,7,9,16H,4,6,15H2,1-2H3,(H,21,22)/t7?,9-/m0/s1. The van der Waals surface area contributed by atoms with E-state index < -0.39 is 24.1 Å². The average molecular weight is 349 g/mol. The van der Waals surface area contributed by atoms with Gasteiger partial charge in [0.15, 0.2) is 12.0 Å². The van der Waals surface area contributed by atoms with Gasteiger partial charge in [0.2, 0.25) is 0 Å². The summed E-state index contributed by atoms with van der Waals surface area (Å²) in [6, 6.07) is 0.327. The molecule has 0 aliphatic carbocycles. The lowest BCUT2D eigenvalue weighted by atomic mass is 10.2. The number of hydrazine groups is 1.